The second kappa shape index (κ2) is 6.72. The van der Waals surface area contributed by atoms with Crippen molar-refractivity contribution in [2.24, 2.45) is 0 Å². The standard InChI is InChI=1S/C16H14BrFN4S/c1-10-2-4-11(5-3-10)15-20-21-16(22(15)19)23-9-12-6-7-13(17)8-14(12)18/h2-8H,9,19H2,1H3. The van der Waals surface area contributed by atoms with Crippen molar-refractivity contribution < 1.29 is 4.39 Å². The zero-order chi connectivity index (χ0) is 16.4. The summed E-state index contributed by atoms with van der Waals surface area (Å²) in [7, 11) is 0. The zero-order valence-corrected chi connectivity index (χ0v) is 14.7. The average molecular weight is 393 g/mol. The lowest BCUT2D eigenvalue weighted by molar-refractivity contribution is 0.616. The van der Waals surface area contributed by atoms with E-state index >= 15 is 0 Å². The van der Waals surface area contributed by atoms with Gasteiger partial charge in [0, 0.05) is 15.8 Å². The van der Waals surface area contributed by atoms with Gasteiger partial charge in [0.25, 0.3) is 0 Å². The molecule has 0 aliphatic rings. The van der Waals surface area contributed by atoms with Gasteiger partial charge in [0.2, 0.25) is 5.16 Å². The van der Waals surface area contributed by atoms with Crippen LogP contribution in [0.5, 0.6) is 0 Å². The molecule has 0 atom stereocenters. The topological polar surface area (TPSA) is 56.7 Å². The van der Waals surface area contributed by atoms with Crippen LogP contribution in [0.25, 0.3) is 11.4 Å². The van der Waals surface area contributed by atoms with Gasteiger partial charge in [-0.05, 0) is 24.6 Å². The molecule has 23 heavy (non-hydrogen) atoms. The quantitative estimate of drug-likeness (QED) is 0.534. The molecule has 0 bridgehead atoms. The van der Waals surface area contributed by atoms with Crippen molar-refractivity contribution in [3.8, 4) is 11.4 Å². The van der Waals surface area contributed by atoms with Crippen LogP contribution in [0.4, 0.5) is 4.39 Å². The van der Waals surface area contributed by atoms with Crippen LogP contribution in [-0.4, -0.2) is 14.9 Å². The first-order valence-corrected chi connectivity index (χ1v) is 8.66. The first-order valence-electron chi connectivity index (χ1n) is 6.89. The molecule has 0 aliphatic heterocycles. The van der Waals surface area contributed by atoms with Gasteiger partial charge in [-0.1, -0.05) is 63.6 Å². The van der Waals surface area contributed by atoms with Crippen LogP contribution < -0.4 is 5.84 Å². The lowest BCUT2D eigenvalue weighted by atomic mass is 10.1. The minimum absolute atomic E-state index is 0.256. The summed E-state index contributed by atoms with van der Waals surface area (Å²) >= 11 is 4.59. The molecule has 0 aliphatic carbocycles. The number of benzene rings is 2. The molecule has 0 saturated heterocycles. The smallest absolute Gasteiger partial charge is 0.210 e. The Labute approximate surface area is 146 Å². The van der Waals surface area contributed by atoms with Crippen molar-refractivity contribution in [1.82, 2.24) is 14.9 Å². The van der Waals surface area contributed by atoms with Gasteiger partial charge in [0.15, 0.2) is 5.82 Å². The van der Waals surface area contributed by atoms with E-state index in [1.54, 1.807) is 6.07 Å². The van der Waals surface area contributed by atoms with Crippen molar-refractivity contribution in [2.45, 2.75) is 17.8 Å². The monoisotopic (exact) mass is 392 g/mol. The molecular formula is C16H14BrFN4S. The fraction of sp³-hybridized carbons (Fsp3) is 0.125. The van der Waals surface area contributed by atoms with E-state index in [4.69, 9.17) is 5.84 Å². The van der Waals surface area contributed by atoms with Gasteiger partial charge < -0.3 is 5.84 Å². The molecule has 2 N–H and O–H groups in total. The second-order valence-corrected chi connectivity index (χ2v) is 6.92. The molecule has 0 spiro atoms. The summed E-state index contributed by atoms with van der Waals surface area (Å²) in [6.07, 6.45) is 0. The number of aromatic nitrogens is 3. The van der Waals surface area contributed by atoms with Crippen LogP contribution in [0.15, 0.2) is 52.1 Å². The lowest BCUT2D eigenvalue weighted by Crippen LogP contribution is -2.11. The number of halogens is 2. The predicted molar refractivity (Wildman–Crippen MR) is 94.0 cm³/mol. The summed E-state index contributed by atoms with van der Waals surface area (Å²) in [6.45, 7) is 2.02. The van der Waals surface area contributed by atoms with E-state index in [0.29, 0.717) is 26.8 Å². The molecule has 1 heterocycles. The van der Waals surface area contributed by atoms with E-state index in [2.05, 4.69) is 26.1 Å². The maximum absolute atomic E-state index is 13.8. The van der Waals surface area contributed by atoms with Gasteiger partial charge in [0.1, 0.15) is 5.82 Å². The summed E-state index contributed by atoms with van der Waals surface area (Å²) in [5.74, 6) is 6.83. The third kappa shape index (κ3) is 3.56. The number of nitrogens with zero attached hydrogens (tertiary/aromatic N) is 3. The average Bonchev–Trinajstić information content (AvgIpc) is 2.88. The molecule has 7 heteroatoms. The van der Waals surface area contributed by atoms with E-state index < -0.39 is 0 Å². The molecule has 0 amide bonds. The molecule has 4 nitrogen and oxygen atoms in total. The van der Waals surface area contributed by atoms with E-state index in [-0.39, 0.29) is 5.82 Å². The lowest BCUT2D eigenvalue weighted by Gasteiger charge is -2.05. The highest BCUT2D eigenvalue weighted by atomic mass is 79.9. The fourth-order valence-corrected chi connectivity index (χ4v) is 3.23. The summed E-state index contributed by atoms with van der Waals surface area (Å²) < 4.78 is 16.0. The predicted octanol–water partition coefficient (Wildman–Crippen LogP) is 4.16. The van der Waals surface area contributed by atoms with Crippen molar-refractivity contribution in [1.29, 1.82) is 0 Å². The van der Waals surface area contributed by atoms with E-state index in [9.17, 15) is 4.39 Å². The first kappa shape index (κ1) is 16.0. The van der Waals surface area contributed by atoms with Crippen LogP contribution in [0.3, 0.4) is 0 Å². The van der Waals surface area contributed by atoms with E-state index in [1.165, 1.54) is 22.5 Å². The number of aryl methyl sites for hydroxylation is 1. The normalized spacial score (nSPS) is 10.9. The Morgan fingerprint density at radius 1 is 1.17 bits per heavy atom. The highest BCUT2D eigenvalue weighted by Gasteiger charge is 2.13. The van der Waals surface area contributed by atoms with Gasteiger partial charge >= 0.3 is 0 Å². The number of hydrogen-bond acceptors (Lipinski definition) is 4. The minimum atomic E-state index is -0.256. The van der Waals surface area contributed by atoms with Crippen molar-refractivity contribution in [3.63, 3.8) is 0 Å². The SMILES string of the molecule is Cc1ccc(-c2nnc(SCc3ccc(Br)cc3F)n2N)cc1. The van der Waals surface area contributed by atoms with Crippen LogP contribution in [0.2, 0.25) is 0 Å². The van der Waals surface area contributed by atoms with Crippen LogP contribution in [0, 0.1) is 12.7 Å². The van der Waals surface area contributed by atoms with Gasteiger partial charge in [-0.3, -0.25) is 0 Å². The van der Waals surface area contributed by atoms with E-state index in [0.717, 1.165) is 11.1 Å². The molecule has 0 radical (unpaired) electrons. The second-order valence-electron chi connectivity index (χ2n) is 5.07. The van der Waals surface area contributed by atoms with Gasteiger partial charge in [-0.15, -0.1) is 10.2 Å². The third-order valence-electron chi connectivity index (χ3n) is 3.35. The summed E-state index contributed by atoms with van der Waals surface area (Å²) in [6, 6.07) is 12.9. The molecular weight excluding hydrogens is 379 g/mol. The van der Waals surface area contributed by atoms with Crippen LogP contribution in [-0.2, 0) is 5.75 Å². The highest BCUT2D eigenvalue weighted by molar-refractivity contribution is 9.10. The van der Waals surface area contributed by atoms with Gasteiger partial charge in [0.05, 0.1) is 0 Å². The molecule has 0 fully saturated rings. The highest BCUT2D eigenvalue weighted by Crippen LogP contribution is 2.26. The maximum Gasteiger partial charge on any atom is 0.210 e. The van der Waals surface area contributed by atoms with Crippen molar-refractivity contribution in [3.05, 3.63) is 63.9 Å². The molecule has 3 rings (SSSR count). The number of thioether (sulfide) groups is 1. The number of rotatable bonds is 4. The molecule has 1 aromatic heterocycles. The molecule has 3 aromatic rings. The van der Waals surface area contributed by atoms with Gasteiger partial charge in [-0.25, -0.2) is 9.07 Å². The van der Waals surface area contributed by atoms with Gasteiger partial charge in [-0.2, -0.15) is 0 Å². The first-order chi connectivity index (χ1) is 11.0. The fourth-order valence-electron chi connectivity index (χ4n) is 2.06. The Bertz CT molecular complexity index is 833. The molecule has 0 saturated carbocycles. The Balaban J connectivity index is 1.78. The Morgan fingerprint density at radius 3 is 2.61 bits per heavy atom. The minimum Gasteiger partial charge on any atom is -0.335 e. The number of hydrogen-bond donors (Lipinski definition) is 1. The van der Waals surface area contributed by atoms with Crippen LogP contribution >= 0.6 is 27.7 Å². The maximum atomic E-state index is 13.8. The molecule has 0 unspecified atom stereocenters. The van der Waals surface area contributed by atoms with Crippen molar-refractivity contribution in [2.75, 3.05) is 5.84 Å². The summed E-state index contributed by atoms with van der Waals surface area (Å²) in [4.78, 5) is 0. The summed E-state index contributed by atoms with van der Waals surface area (Å²) in [5.41, 5.74) is 2.66. The zero-order valence-electron chi connectivity index (χ0n) is 12.3. The largest absolute Gasteiger partial charge is 0.335 e. The molecule has 2 aromatic carbocycles. The van der Waals surface area contributed by atoms with E-state index in [1.807, 2.05) is 37.3 Å². The number of nitrogen functional groups attached to an aromatic ring is 1. The van der Waals surface area contributed by atoms with Crippen LogP contribution in [0.1, 0.15) is 11.1 Å². The Kier molecular flexibility index (Phi) is 4.68. The van der Waals surface area contributed by atoms with Crippen molar-refractivity contribution >= 4 is 27.7 Å². The molecule has 118 valence electrons. The third-order valence-corrected chi connectivity index (χ3v) is 4.83. The summed E-state index contributed by atoms with van der Waals surface area (Å²) in [5, 5.41) is 8.77. The Morgan fingerprint density at radius 2 is 1.91 bits per heavy atom. The Hall–Kier alpha value is -1.86. The number of nitrogens with two attached hydrogens (primary N) is 1.